The second-order valence-electron chi connectivity index (χ2n) is 8.32. The third kappa shape index (κ3) is 4.35. The molecule has 4 aromatic rings. The molecule has 1 aliphatic heterocycles. The highest BCUT2D eigenvalue weighted by Crippen LogP contribution is 2.25. The van der Waals surface area contributed by atoms with Gasteiger partial charge in [-0.15, -0.1) is 10.2 Å². The van der Waals surface area contributed by atoms with Gasteiger partial charge in [0.2, 0.25) is 5.91 Å². The van der Waals surface area contributed by atoms with Crippen molar-refractivity contribution in [3.05, 3.63) is 77.7 Å². The number of amides is 1. The summed E-state index contributed by atoms with van der Waals surface area (Å²) < 4.78 is 2.06. The lowest BCUT2D eigenvalue weighted by atomic mass is 9.90. The summed E-state index contributed by atoms with van der Waals surface area (Å²) in [6.45, 7) is 2.03. The van der Waals surface area contributed by atoms with Gasteiger partial charge in [-0.3, -0.25) is 4.79 Å². The van der Waals surface area contributed by atoms with Crippen molar-refractivity contribution in [3.63, 3.8) is 0 Å². The highest BCUT2D eigenvalue weighted by molar-refractivity contribution is 5.86. The fourth-order valence-corrected chi connectivity index (χ4v) is 4.60. The lowest BCUT2D eigenvalue weighted by Gasteiger charge is -2.32. The molecule has 1 N–H and O–H groups in total. The zero-order valence-electron chi connectivity index (χ0n) is 17.4. The van der Waals surface area contributed by atoms with Crippen molar-refractivity contribution >= 4 is 16.8 Å². The molecule has 2 aromatic carbocycles. The molecular weight excluding hydrogens is 388 g/mol. The minimum atomic E-state index is 0.185. The van der Waals surface area contributed by atoms with Gasteiger partial charge >= 0.3 is 0 Å². The van der Waals surface area contributed by atoms with Crippen molar-refractivity contribution in [2.24, 2.45) is 5.92 Å². The molecule has 1 aliphatic rings. The van der Waals surface area contributed by atoms with Crippen LogP contribution >= 0.6 is 0 Å². The first-order chi connectivity index (χ1) is 15.3. The number of tetrazole rings is 1. The first kappa shape index (κ1) is 19.5. The standard InChI is InChI=1S/C24H26N6O/c31-24(29-12-10-19(11-13-29)14-18-6-2-1-3-7-18)17-30-16-20(15-23-25-27-28-26-23)21-8-4-5-9-22(21)30/h1-9,16,19H,10-15,17H2,(H,25,26,27,28). The summed E-state index contributed by atoms with van der Waals surface area (Å²) in [5.74, 6) is 1.49. The zero-order chi connectivity index (χ0) is 21.0. The fourth-order valence-electron chi connectivity index (χ4n) is 4.60. The average Bonchev–Trinajstić information content (AvgIpc) is 3.44. The van der Waals surface area contributed by atoms with E-state index >= 15 is 0 Å². The monoisotopic (exact) mass is 414 g/mol. The van der Waals surface area contributed by atoms with Crippen molar-refractivity contribution in [1.82, 2.24) is 30.1 Å². The predicted octanol–water partition coefficient (Wildman–Crippen LogP) is 3.23. The van der Waals surface area contributed by atoms with Gasteiger partial charge < -0.3 is 9.47 Å². The third-order valence-corrected chi connectivity index (χ3v) is 6.25. The Bertz CT molecular complexity index is 1140. The molecule has 7 nitrogen and oxygen atoms in total. The van der Waals surface area contributed by atoms with Crippen molar-refractivity contribution in [3.8, 4) is 0 Å². The first-order valence-corrected chi connectivity index (χ1v) is 10.9. The molecule has 2 aromatic heterocycles. The number of rotatable bonds is 6. The number of carbonyl (C=O) groups is 1. The summed E-state index contributed by atoms with van der Waals surface area (Å²) in [6.07, 6.45) is 5.88. The minimum Gasteiger partial charge on any atom is -0.341 e. The van der Waals surface area contributed by atoms with E-state index in [1.165, 1.54) is 5.56 Å². The normalized spacial score (nSPS) is 14.9. The number of nitrogens with zero attached hydrogens (tertiary/aromatic N) is 5. The van der Waals surface area contributed by atoms with E-state index in [9.17, 15) is 4.79 Å². The number of hydrogen-bond donors (Lipinski definition) is 1. The molecule has 0 spiro atoms. The van der Waals surface area contributed by atoms with Gasteiger partial charge in [0.25, 0.3) is 0 Å². The van der Waals surface area contributed by atoms with Crippen LogP contribution in [0.5, 0.6) is 0 Å². The van der Waals surface area contributed by atoms with E-state index in [2.05, 4.69) is 73.9 Å². The number of hydrogen-bond acceptors (Lipinski definition) is 4. The van der Waals surface area contributed by atoms with Crippen LogP contribution in [0.2, 0.25) is 0 Å². The summed E-state index contributed by atoms with van der Waals surface area (Å²) in [5.41, 5.74) is 3.56. The summed E-state index contributed by atoms with van der Waals surface area (Å²) in [5, 5.41) is 15.4. The molecule has 5 rings (SSSR count). The number of H-pyrrole nitrogens is 1. The maximum atomic E-state index is 13.1. The number of piperidine rings is 1. The van der Waals surface area contributed by atoms with E-state index in [-0.39, 0.29) is 5.91 Å². The Labute approximate surface area is 181 Å². The van der Waals surface area contributed by atoms with Crippen LogP contribution < -0.4 is 0 Å². The summed E-state index contributed by atoms with van der Waals surface area (Å²) >= 11 is 0. The van der Waals surface area contributed by atoms with Gasteiger partial charge in [-0.2, -0.15) is 5.21 Å². The number of para-hydroxylation sites is 1. The van der Waals surface area contributed by atoms with Gasteiger partial charge in [0.05, 0.1) is 0 Å². The van der Waals surface area contributed by atoms with Crippen LogP contribution in [0.4, 0.5) is 0 Å². The highest BCUT2D eigenvalue weighted by atomic mass is 16.2. The van der Waals surface area contributed by atoms with Crippen LogP contribution in [-0.4, -0.2) is 49.1 Å². The molecule has 0 atom stereocenters. The average molecular weight is 415 g/mol. The molecule has 1 amide bonds. The minimum absolute atomic E-state index is 0.185. The maximum Gasteiger partial charge on any atom is 0.242 e. The molecule has 0 unspecified atom stereocenters. The van der Waals surface area contributed by atoms with Gasteiger partial charge in [-0.25, -0.2) is 0 Å². The maximum absolute atomic E-state index is 13.1. The number of likely N-dealkylation sites (tertiary alicyclic amines) is 1. The van der Waals surface area contributed by atoms with Crippen molar-refractivity contribution in [2.75, 3.05) is 13.1 Å². The van der Waals surface area contributed by atoms with E-state index in [4.69, 9.17) is 0 Å². The van der Waals surface area contributed by atoms with Crippen molar-refractivity contribution in [2.45, 2.75) is 32.2 Å². The van der Waals surface area contributed by atoms with Gasteiger partial charge in [-0.1, -0.05) is 53.7 Å². The van der Waals surface area contributed by atoms with E-state index in [1.807, 2.05) is 17.0 Å². The molecule has 31 heavy (non-hydrogen) atoms. The van der Waals surface area contributed by atoms with Crippen molar-refractivity contribution in [1.29, 1.82) is 0 Å². The smallest absolute Gasteiger partial charge is 0.242 e. The molecule has 0 radical (unpaired) electrons. The summed E-state index contributed by atoms with van der Waals surface area (Å²) in [4.78, 5) is 15.1. The number of fused-ring (bicyclic) bond motifs is 1. The van der Waals surface area contributed by atoms with Crippen LogP contribution in [0, 0.1) is 5.92 Å². The molecule has 1 saturated heterocycles. The number of benzene rings is 2. The quantitative estimate of drug-likeness (QED) is 0.525. The topological polar surface area (TPSA) is 79.7 Å². The van der Waals surface area contributed by atoms with E-state index in [1.54, 1.807) is 0 Å². The summed E-state index contributed by atoms with van der Waals surface area (Å²) in [7, 11) is 0. The largest absolute Gasteiger partial charge is 0.341 e. The van der Waals surface area contributed by atoms with Crippen LogP contribution in [0.3, 0.4) is 0 Å². The van der Waals surface area contributed by atoms with Gasteiger partial charge in [0.15, 0.2) is 5.82 Å². The van der Waals surface area contributed by atoms with Crippen LogP contribution in [-0.2, 0) is 24.2 Å². The molecule has 158 valence electrons. The Balaban J connectivity index is 1.24. The molecule has 0 aliphatic carbocycles. The molecule has 0 saturated carbocycles. The summed E-state index contributed by atoms with van der Waals surface area (Å²) in [6, 6.07) is 18.8. The first-order valence-electron chi connectivity index (χ1n) is 10.9. The van der Waals surface area contributed by atoms with Gasteiger partial charge in [0.1, 0.15) is 6.54 Å². The Morgan fingerprint density at radius 3 is 2.58 bits per heavy atom. The van der Waals surface area contributed by atoms with Crippen LogP contribution in [0.1, 0.15) is 29.8 Å². The van der Waals surface area contributed by atoms with Crippen LogP contribution in [0.25, 0.3) is 10.9 Å². The Morgan fingerprint density at radius 1 is 1.03 bits per heavy atom. The second-order valence-corrected chi connectivity index (χ2v) is 8.32. The van der Waals surface area contributed by atoms with Gasteiger partial charge in [0, 0.05) is 36.6 Å². The fraction of sp³-hybridized carbons (Fsp3) is 0.333. The Kier molecular flexibility index (Phi) is 5.48. The Hall–Kier alpha value is -3.48. The molecule has 0 bridgehead atoms. The Morgan fingerprint density at radius 2 is 1.81 bits per heavy atom. The highest BCUT2D eigenvalue weighted by Gasteiger charge is 2.23. The van der Waals surface area contributed by atoms with E-state index < -0.39 is 0 Å². The number of aromatic amines is 1. The third-order valence-electron chi connectivity index (χ3n) is 6.25. The molecule has 3 heterocycles. The van der Waals surface area contributed by atoms with E-state index in [0.717, 1.165) is 48.8 Å². The number of aromatic nitrogens is 5. The lowest BCUT2D eigenvalue weighted by Crippen LogP contribution is -2.40. The predicted molar refractivity (Wildman–Crippen MR) is 118 cm³/mol. The molecule has 1 fully saturated rings. The second kappa shape index (κ2) is 8.71. The molecular formula is C24H26N6O. The zero-order valence-corrected chi connectivity index (χ0v) is 17.4. The van der Waals surface area contributed by atoms with E-state index in [0.29, 0.717) is 24.7 Å². The lowest BCUT2D eigenvalue weighted by molar-refractivity contribution is -0.133. The SMILES string of the molecule is O=C(Cn1cc(Cc2nn[nH]n2)c2ccccc21)N1CCC(Cc2ccccc2)CC1. The number of nitrogens with one attached hydrogen (secondary N) is 1. The number of carbonyl (C=O) groups excluding carboxylic acids is 1. The molecule has 7 heteroatoms. The van der Waals surface area contributed by atoms with Crippen molar-refractivity contribution < 1.29 is 4.79 Å². The van der Waals surface area contributed by atoms with Gasteiger partial charge in [-0.05, 0) is 42.4 Å². The van der Waals surface area contributed by atoms with Crippen LogP contribution in [0.15, 0.2) is 60.8 Å².